The van der Waals surface area contributed by atoms with Gasteiger partial charge in [-0.25, -0.2) is 0 Å². The van der Waals surface area contributed by atoms with Gasteiger partial charge in [0.15, 0.2) is 0 Å². The summed E-state index contributed by atoms with van der Waals surface area (Å²) in [7, 11) is 0. The minimum absolute atomic E-state index is 0.000475. The molecule has 1 aromatic heterocycles. The van der Waals surface area contributed by atoms with Crippen LogP contribution in [0.15, 0.2) is 28.8 Å². The van der Waals surface area contributed by atoms with Crippen LogP contribution >= 0.6 is 0 Å². The predicted octanol–water partition coefficient (Wildman–Crippen LogP) is 2.38. The minimum atomic E-state index is -0.465. The van der Waals surface area contributed by atoms with E-state index in [1.165, 1.54) is 12.1 Å². The van der Waals surface area contributed by atoms with Gasteiger partial charge in [0.1, 0.15) is 0 Å². The molecule has 9 heteroatoms. The number of carbonyl (C=O) groups excluding carboxylic acids is 1. The number of benzene rings is 1. The van der Waals surface area contributed by atoms with Crippen LogP contribution in [0.3, 0.4) is 0 Å². The third-order valence-electron chi connectivity index (χ3n) is 3.49. The van der Waals surface area contributed by atoms with Crippen molar-refractivity contribution in [3.05, 3.63) is 40.3 Å². The maximum atomic E-state index is 12.1. The second kappa shape index (κ2) is 8.05. The van der Waals surface area contributed by atoms with Gasteiger partial charge in [-0.05, 0) is 39.4 Å². The summed E-state index contributed by atoms with van der Waals surface area (Å²) in [6.07, 6.45) is 0. The largest absolute Gasteiger partial charge is 0.350 e. The van der Waals surface area contributed by atoms with Gasteiger partial charge in [-0.15, -0.1) is 0 Å². The van der Waals surface area contributed by atoms with Crippen molar-refractivity contribution in [3.63, 3.8) is 0 Å². The number of hydrogen-bond acceptors (Lipinski definition) is 7. The zero-order chi connectivity index (χ0) is 19.3. The average molecular weight is 361 g/mol. The van der Waals surface area contributed by atoms with Crippen molar-refractivity contribution in [1.82, 2.24) is 20.4 Å². The smallest absolute Gasteiger partial charge is 0.269 e. The Morgan fingerprint density at radius 1 is 1.31 bits per heavy atom. The third kappa shape index (κ3) is 5.62. The van der Waals surface area contributed by atoms with Crippen LogP contribution in [0.4, 0.5) is 5.69 Å². The van der Waals surface area contributed by atoms with Crippen LogP contribution in [0.25, 0.3) is 11.4 Å². The summed E-state index contributed by atoms with van der Waals surface area (Å²) in [6.45, 7) is 8.93. The molecule has 26 heavy (non-hydrogen) atoms. The molecule has 0 aliphatic carbocycles. The molecule has 0 saturated heterocycles. The molecule has 0 unspecified atom stereocenters. The summed E-state index contributed by atoms with van der Waals surface area (Å²) in [6, 6.07) is 5.92. The van der Waals surface area contributed by atoms with E-state index in [9.17, 15) is 14.9 Å². The highest BCUT2D eigenvalue weighted by Crippen LogP contribution is 2.20. The number of non-ortho nitro benzene ring substituents is 1. The van der Waals surface area contributed by atoms with Gasteiger partial charge in [-0.1, -0.05) is 12.1 Å². The molecule has 0 aliphatic heterocycles. The molecule has 0 fully saturated rings. The van der Waals surface area contributed by atoms with E-state index in [2.05, 4.69) is 15.5 Å². The van der Waals surface area contributed by atoms with Crippen molar-refractivity contribution in [3.8, 4) is 11.4 Å². The molecular formula is C17H23N5O4. The normalized spacial score (nSPS) is 11.6. The van der Waals surface area contributed by atoms with Crippen LogP contribution in [0, 0.1) is 10.1 Å². The van der Waals surface area contributed by atoms with Crippen LogP contribution in [0.1, 0.15) is 33.6 Å². The number of likely N-dealkylation sites (N-methyl/N-ethyl adjacent to an activating group) is 1. The SMILES string of the molecule is CCN(CC(=O)NC(C)(C)C)Cc1nc(-c2ccc([N+](=O)[O-])cc2)no1. The van der Waals surface area contributed by atoms with Gasteiger partial charge in [0.2, 0.25) is 17.6 Å². The fraction of sp³-hybridized carbons (Fsp3) is 0.471. The van der Waals surface area contributed by atoms with Crippen LogP contribution < -0.4 is 5.32 Å². The first-order chi connectivity index (χ1) is 12.2. The van der Waals surface area contributed by atoms with E-state index in [1.54, 1.807) is 12.1 Å². The number of amides is 1. The minimum Gasteiger partial charge on any atom is -0.350 e. The molecule has 1 aromatic carbocycles. The molecule has 0 saturated carbocycles. The highest BCUT2D eigenvalue weighted by molar-refractivity contribution is 5.78. The van der Waals surface area contributed by atoms with Crippen molar-refractivity contribution < 1.29 is 14.2 Å². The molecule has 1 N–H and O–H groups in total. The van der Waals surface area contributed by atoms with Gasteiger partial charge in [0, 0.05) is 23.2 Å². The highest BCUT2D eigenvalue weighted by Gasteiger charge is 2.18. The van der Waals surface area contributed by atoms with Gasteiger partial charge in [0.25, 0.3) is 5.69 Å². The molecular weight excluding hydrogens is 338 g/mol. The van der Waals surface area contributed by atoms with E-state index < -0.39 is 4.92 Å². The van der Waals surface area contributed by atoms with Crippen LogP contribution in [-0.4, -0.2) is 44.5 Å². The Bertz CT molecular complexity index is 764. The number of aromatic nitrogens is 2. The lowest BCUT2D eigenvalue weighted by molar-refractivity contribution is -0.384. The predicted molar refractivity (Wildman–Crippen MR) is 95.2 cm³/mol. The van der Waals surface area contributed by atoms with Crippen molar-refractivity contribution >= 4 is 11.6 Å². The van der Waals surface area contributed by atoms with Crippen molar-refractivity contribution in [1.29, 1.82) is 0 Å². The molecule has 0 atom stereocenters. The molecule has 0 spiro atoms. The molecule has 2 aromatic rings. The standard InChI is InChI=1S/C17H23N5O4/c1-5-21(10-14(23)19-17(2,3)4)11-15-18-16(20-26-15)12-6-8-13(9-7-12)22(24)25/h6-9H,5,10-11H2,1-4H3,(H,19,23). The lowest BCUT2D eigenvalue weighted by atomic mass is 10.1. The Hall–Kier alpha value is -2.81. The Labute approximate surface area is 151 Å². The van der Waals surface area contributed by atoms with Crippen LogP contribution in [0.5, 0.6) is 0 Å². The second-order valence-corrected chi connectivity index (χ2v) is 6.92. The first-order valence-electron chi connectivity index (χ1n) is 8.28. The van der Waals surface area contributed by atoms with E-state index in [1.807, 2.05) is 32.6 Å². The molecule has 1 amide bonds. The Balaban J connectivity index is 2.01. The van der Waals surface area contributed by atoms with Gasteiger partial charge < -0.3 is 9.84 Å². The zero-order valence-electron chi connectivity index (χ0n) is 15.4. The van der Waals surface area contributed by atoms with Gasteiger partial charge in [0.05, 0.1) is 18.0 Å². The lowest BCUT2D eigenvalue weighted by Crippen LogP contribution is -2.45. The zero-order valence-corrected chi connectivity index (χ0v) is 15.4. The molecule has 0 bridgehead atoms. The van der Waals surface area contributed by atoms with E-state index in [4.69, 9.17) is 4.52 Å². The summed E-state index contributed by atoms with van der Waals surface area (Å²) < 4.78 is 5.24. The van der Waals surface area contributed by atoms with Crippen molar-refractivity contribution in [2.24, 2.45) is 0 Å². The number of nitrogens with one attached hydrogen (secondary N) is 1. The first kappa shape index (κ1) is 19.5. The molecule has 0 radical (unpaired) electrons. The van der Waals surface area contributed by atoms with Gasteiger partial charge in [-0.2, -0.15) is 4.98 Å². The summed E-state index contributed by atoms with van der Waals surface area (Å²) in [5, 5.41) is 17.5. The number of nitro benzene ring substituents is 1. The fourth-order valence-electron chi connectivity index (χ4n) is 2.30. The molecule has 140 valence electrons. The Morgan fingerprint density at radius 2 is 1.96 bits per heavy atom. The number of hydrogen-bond donors (Lipinski definition) is 1. The average Bonchev–Trinajstić information content (AvgIpc) is 3.01. The first-order valence-corrected chi connectivity index (χ1v) is 8.28. The second-order valence-electron chi connectivity index (χ2n) is 6.92. The van der Waals surface area contributed by atoms with E-state index in [0.29, 0.717) is 30.4 Å². The van der Waals surface area contributed by atoms with E-state index in [0.717, 1.165) is 0 Å². The Morgan fingerprint density at radius 3 is 2.50 bits per heavy atom. The lowest BCUT2D eigenvalue weighted by Gasteiger charge is -2.23. The maximum Gasteiger partial charge on any atom is 0.269 e. The van der Waals surface area contributed by atoms with E-state index >= 15 is 0 Å². The van der Waals surface area contributed by atoms with Crippen LogP contribution in [-0.2, 0) is 11.3 Å². The van der Waals surface area contributed by atoms with Gasteiger partial charge >= 0.3 is 0 Å². The quantitative estimate of drug-likeness (QED) is 0.595. The van der Waals surface area contributed by atoms with E-state index in [-0.39, 0.29) is 23.7 Å². The summed E-state index contributed by atoms with van der Waals surface area (Å²) in [5.41, 5.74) is 0.336. The Kier molecular flexibility index (Phi) is 6.04. The summed E-state index contributed by atoms with van der Waals surface area (Å²) in [5.74, 6) is 0.656. The third-order valence-corrected chi connectivity index (χ3v) is 3.49. The topological polar surface area (TPSA) is 114 Å². The van der Waals surface area contributed by atoms with Crippen molar-refractivity contribution in [2.45, 2.75) is 39.8 Å². The number of rotatable bonds is 7. The number of carbonyl (C=O) groups is 1. The molecule has 1 heterocycles. The number of nitro groups is 1. The summed E-state index contributed by atoms with van der Waals surface area (Å²) in [4.78, 5) is 28.5. The number of nitrogens with zero attached hydrogens (tertiary/aromatic N) is 4. The molecule has 0 aliphatic rings. The monoisotopic (exact) mass is 361 g/mol. The maximum absolute atomic E-state index is 12.1. The molecule has 9 nitrogen and oxygen atoms in total. The summed E-state index contributed by atoms with van der Waals surface area (Å²) >= 11 is 0. The fourth-order valence-corrected chi connectivity index (χ4v) is 2.30. The van der Waals surface area contributed by atoms with Crippen LogP contribution in [0.2, 0.25) is 0 Å². The molecule has 2 rings (SSSR count). The van der Waals surface area contributed by atoms with Crippen molar-refractivity contribution in [2.75, 3.05) is 13.1 Å². The van der Waals surface area contributed by atoms with Gasteiger partial charge in [-0.3, -0.25) is 19.8 Å². The highest BCUT2D eigenvalue weighted by atomic mass is 16.6.